The first-order valence-electron chi connectivity index (χ1n) is 7.68. The first-order valence-corrected chi connectivity index (χ1v) is 9.12. The van der Waals surface area contributed by atoms with Crippen LogP contribution in [0.3, 0.4) is 0 Å². The van der Waals surface area contributed by atoms with Gasteiger partial charge in [0, 0.05) is 7.11 Å². The van der Waals surface area contributed by atoms with Crippen LogP contribution in [0.15, 0.2) is 53.4 Å². The van der Waals surface area contributed by atoms with Crippen LogP contribution < -0.4 is 9.04 Å². The molecule has 1 aliphatic rings. The zero-order valence-corrected chi connectivity index (χ0v) is 14.5. The van der Waals surface area contributed by atoms with E-state index in [1.807, 2.05) is 0 Å². The zero-order valence-electron chi connectivity index (χ0n) is 13.7. The molecule has 0 aliphatic carbocycles. The number of fused-ring (bicyclic) bond motifs is 1. The molecule has 3 rings (SSSR count). The van der Waals surface area contributed by atoms with Crippen LogP contribution in [0, 0.1) is 0 Å². The number of methoxy groups -OCH3 is 1. The Morgan fingerprint density at radius 1 is 1.15 bits per heavy atom. The van der Waals surface area contributed by atoms with Gasteiger partial charge in [0.1, 0.15) is 18.4 Å². The molecule has 0 fully saturated rings. The van der Waals surface area contributed by atoms with Crippen LogP contribution >= 0.6 is 0 Å². The number of alkyl halides is 3. The first-order chi connectivity index (χ1) is 12.3. The van der Waals surface area contributed by atoms with Gasteiger partial charge in [-0.05, 0) is 24.3 Å². The molecule has 0 radical (unpaired) electrons. The smallest absolute Gasteiger partial charge is 0.417 e. The summed E-state index contributed by atoms with van der Waals surface area (Å²) in [6.07, 6.45) is -4.80. The molecule has 0 bridgehead atoms. The molecule has 9 heteroatoms. The molecule has 26 heavy (non-hydrogen) atoms. The zero-order chi connectivity index (χ0) is 18.9. The molecule has 140 valence electrons. The molecule has 0 amide bonds. The number of para-hydroxylation sites is 2. The van der Waals surface area contributed by atoms with Crippen LogP contribution in [0.5, 0.6) is 5.75 Å². The van der Waals surface area contributed by atoms with E-state index in [2.05, 4.69) is 0 Å². The topological polar surface area (TPSA) is 55.8 Å². The number of hydrogen-bond donors (Lipinski definition) is 0. The molecule has 2 aromatic carbocycles. The van der Waals surface area contributed by atoms with Gasteiger partial charge in [0.05, 0.1) is 22.8 Å². The van der Waals surface area contributed by atoms with Crippen molar-refractivity contribution < 1.29 is 31.1 Å². The van der Waals surface area contributed by atoms with E-state index in [-0.39, 0.29) is 24.7 Å². The van der Waals surface area contributed by atoms with Crippen molar-refractivity contribution in [3.63, 3.8) is 0 Å². The maximum absolute atomic E-state index is 13.4. The maximum atomic E-state index is 13.4. The highest BCUT2D eigenvalue weighted by molar-refractivity contribution is 7.93. The minimum Gasteiger partial charge on any atom is -0.489 e. The van der Waals surface area contributed by atoms with E-state index >= 15 is 0 Å². The molecule has 0 aromatic heterocycles. The Balaban J connectivity index is 2.19. The third-order valence-corrected chi connectivity index (χ3v) is 5.88. The number of rotatable bonds is 4. The molecule has 0 saturated carbocycles. The van der Waals surface area contributed by atoms with Crippen LogP contribution in [0.4, 0.5) is 18.9 Å². The van der Waals surface area contributed by atoms with Gasteiger partial charge in [-0.2, -0.15) is 13.2 Å². The van der Waals surface area contributed by atoms with E-state index < -0.39 is 32.7 Å². The van der Waals surface area contributed by atoms with Crippen LogP contribution in [0.1, 0.15) is 5.56 Å². The Hall–Kier alpha value is -2.26. The highest BCUT2D eigenvalue weighted by atomic mass is 32.2. The monoisotopic (exact) mass is 387 g/mol. The quantitative estimate of drug-likeness (QED) is 0.808. The summed E-state index contributed by atoms with van der Waals surface area (Å²) in [5.74, 6) is 0.285. The first kappa shape index (κ1) is 18.5. The van der Waals surface area contributed by atoms with Crippen molar-refractivity contribution in [1.29, 1.82) is 0 Å². The fourth-order valence-electron chi connectivity index (χ4n) is 2.88. The van der Waals surface area contributed by atoms with E-state index in [0.29, 0.717) is 0 Å². The summed E-state index contributed by atoms with van der Waals surface area (Å²) in [5.41, 5.74) is -1.03. The summed E-state index contributed by atoms with van der Waals surface area (Å²) in [6, 6.07) is 9.65. The van der Waals surface area contributed by atoms with Gasteiger partial charge in [0.2, 0.25) is 0 Å². The second kappa shape index (κ2) is 6.81. The predicted octanol–water partition coefficient (Wildman–Crippen LogP) is 3.31. The summed E-state index contributed by atoms with van der Waals surface area (Å²) in [4.78, 5) is -0.801. The van der Waals surface area contributed by atoms with E-state index in [0.717, 1.165) is 22.5 Å². The summed E-state index contributed by atoms with van der Waals surface area (Å²) in [5, 5.41) is 0. The van der Waals surface area contributed by atoms with Gasteiger partial charge in [-0.25, -0.2) is 8.42 Å². The van der Waals surface area contributed by atoms with E-state index in [4.69, 9.17) is 9.47 Å². The van der Waals surface area contributed by atoms with E-state index in [1.54, 1.807) is 18.2 Å². The standard InChI is InChI=1S/C17H16F3NO4S/c1-24-10-12-11-25-15-8-4-3-7-14(15)21(12)26(22,23)16-9-5-2-6-13(16)17(18,19)20/h2-9,12H,10-11H2,1H3. The number of benzene rings is 2. The lowest BCUT2D eigenvalue weighted by Gasteiger charge is -2.37. The molecule has 0 spiro atoms. The van der Waals surface area contributed by atoms with Crippen molar-refractivity contribution in [3.05, 3.63) is 54.1 Å². The minimum atomic E-state index is -4.80. The molecular weight excluding hydrogens is 371 g/mol. The van der Waals surface area contributed by atoms with Crippen LogP contribution in [0.2, 0.25) is 0 Å². The van der Waals surface area contributed by atoms with Crippen LogP contribution in [0.25, 0.3) is 0 Å². The average molecular weight is 387 g/mol. The highest BCUT2D eigenvalue weighted by Gasteiger charge is 2.42. The number of halogens is 3. The molecule has 5 nitrogen and oxygen atoms in total. The van der Waals surface area contributed by atoms with Crippen LogP contribution in [-0.2, 0) is 20.9 Å². The van der Waals surface area contributed by atoms with Crippen molar-refractivity contribution in [1.82, 2.24) is 0 Å². The van der Waals surface area contributed by atoms with Crippen molar-refractivity contribution in [2.75, 3.05) is 24.6 Å². The third kappa shape index (κ3) is 3.24. The van der Waals surface area contributed by atoms with Crippen molar-refractivity contribution in [2.24, 2.45) is 0 Å². The third-order valence-electron chi connectivity index (χ3n) is 3.95. The molecule has 0 N–H and O–H groups in total. The summed E-state index contributed by atoms with van der Waals surface area (Å²) >= 11 is 0. The molecule has 0 saturated heterocycles. The molecule has 1 heterocycles. The van der Waals surface area contributed by atoms with E-state index in [9.17, 15) is 21.6 Å². The van der Waals surface area contributed by atoms with Gasteiger partial charge >= 0.3 is 6.18 Å². The lowest BCUT2D eigenvalue weighted by molar-refractivity contribution is -0.139. The van der Waals surface area contributed by atoms with Crippen molar-refractivity contribution in [2.45, 2.75) is 17.1 Å². The Bertz CT molecular complexity index is 899. The molecule has 1 atom stereocenters. The van der Waals surface area contributed by atoms with Gasteiger partial charge < -0.3 is 9.47 Å². The van der Waals surface area contributed by atoms with Gasteiger partial charge in [-0.15, -0.1) is 0 Å². The molecule has 1 aliphatic heterocycles. The highest BCUT2D eigenvalue weighted by Crippen LogP contribution is 2.41. The molecule has 2 aromatic rings. The number of ether oxygens (including phenoxy) is 2. The average Bonchev–Trinajstić information content (AvgIpc) is 2.61. The summed E-state index contributed by atoms with van der Waals surface area (Å²) in [7, 11) is -3.12. The SMILES string of the molecule is COCC1COc2ccccc2N1S(=O)(=O)c1ccccc1C(F)(F)F. The Morgan fingerprint density at radius 2 is 1.81 bits per heavy atom. The summed E-state index contributed by atoms with van der Waals surface area (Å²) < 4.78 is 78.0. The fraction of sp³-hybridized carbons (Fsp3) is 0.294. The fourth-order valence-corrected chi connectivity index (χ4v) is 4.73. The normalized spacial score (nSPS) is 17.5. The largest absolute Gasteiger partial charge is 0.489 e. The second-order valence-corrected chi connectivity index (χ2v) is 7.47. The van der Waals surface area contributed by atoms with Crippen molar-refractivity contribution in [3.8, 4) is 5.75 Å². The summed E-state index contributed by atoms with van der Waals surface area (Å²) in [6.45, 7) is -0.0555. The molecule has 1 unspecified atom stereocenters. The van der Waals surface area contributed by atoms with Crippen molar-refractivity contribution >= 4 is 15.7 Å². The Kier molecular flexibility index (Phi) is 4.85. The van der Waals surface area contributed by atoms with Gasteiger partial charge in [0.25, 0.3) is 10.0 Å². The molecular formula is C17H16F3NO4S. The number of nitrogens with zero attached hydrogens (tertiary/aromatic N) is 1. The number of hydrogen-bond acceptors (Lipinski definition) is 4. The lowest BCUT2D eigenvalue weighted by Crippen LogP contribution is -2.49. The van der Waals surface area contributed by atoms with Crippen LogP contribution in [-0.4, -0.2) is 34.8 Å². The number of sulfonamides is 1. The van der Waals surface area contributed by atoms with E-state index in [1.165, 1.54) is 19.2 Å². The lowest BCUT2D eigenvalue weighted by atomic mass is 10.2. The maximum Gasteiger partial charge on any atom is 0.417 e. The van der Waals surface area contributed by atoms with Gasteiger partial charge in [-0.3, -0.25) is 4.31 Å². The number of anilines is 1. The van der Waals surface area contributed by atoms with Gasteiger partial charge in [0.15, 0.2) is 0 Å². The second-order valence-electron chi connectivity index (χ2n) is 5.68. The minimum absolute atomic E-state index is 0.0260. The predicted molar refractivity (Wildman–Crippen MR) is 88.7 cm³/mol. The Labute approximate surface area is 149 Å². The van der Waals surface area contributed by atoms with Gasteiger partial charge in [-0.1, -0.05) is 24.3 Å². The Morgan fingerprint density at radius 3 is 2.50 bits per heavy atom.